The zero-order valence-electron chi connectivity index (χ0n) is 9.81. The van der Waals surface area contributed by atoms with E-state index in [2.05, 4.69) is 6.92 Å². The van der Waals surface area contributed by atoms with Crippen LogP contribution in [0, 0.1) is 5.92 Å². The molecular formula is C13H18O3. The molecule has 1 aliphatic rings. The van der Waals surface area contributed by atoms with Gasteiger partial charge in [-0.1, -0.05) is 19.1 Å². The maximum absolute atomic E-state index is 5.67. The Balaban J connectivity index is 1.80. The van der Waals surface area contributed by atoms with Gasteiger partial charge in [0.05, 0.1) is 20.3 Å². The smallest absolute Gasteiger partial charge is 0.158 e. The van der Waals surface area contributed by atoms with Gasteiger partial charge < -0.3 is 14.2 Å². The fraction of sp³-hybridized carbons (Fsp3) is 0.538. The molecule has 1 unspecified atom stereocenters. The lowest BCUT2D eigenvalue weighted by Gasteiger charge is -2.11. The van der Waals surface area contributed by atoms with Crippen molar-refractivity contribution in [2.24, 2.45) is 5.92 Å². The summed E-state index contributed by atoms with van der Waals surface area (Å²) in [5.74, 6) is 1.48. The molecule has 3 nitrogen and oxygen atoms in total. The second kappa shape index (κ2) is 5.32. The molecule has 88 valence electrons. The molecule has 0 aliphatic carbocycles. The second-order valence-corrected chi connectivity index (χ2v) is 4.26. The molecule has 0 bridgehead atoms. The van der Waals surface area contributed by atoms with Gasteiger partial charge in [0.1, 0.15) is 5.75 Å². The highest BCUT2D eigenvalue weighted by atomic mass is 16.7. The molecule has 1 aliphatic heterocycles. The van der Waals surface area contributed by atoms with E-state index < -0.39 is 0 Å². The average Bonchev–Trinajstić information content (AvgIpc) is 2.73. The van der Waals surface area contributed by atoms with Crippen molar-refractivity contribution in [2.45, 2.75) is 26.2 Å². The van der Waals surface area contributed by atoms with Crippen LogP contribution in [-0.2, 0) is 16.1 Å². The lowest BCUT2D eigenvalue weighted by atomic mass is 10.1. The lowest BCUT2D eigenvalue weighted by molar-refractivity contribution is -0.118. The summed E-state index contributed by atoms with van der Waals surface area (Å²) in [5.41, 5.74) is 1.14. The first-order valence-electron chi connectivity index (χ1n) is 5.64. The summed E-state index contributed by atoms with van der Waals surface area (Å²) in [4.78, 5) is 0. The Hall–Kier alpha value is -1.06. The minimum absolute atomic E-state index is 0.0305. The number of methoxy groups -OCH3 is 1. The van der Waals surface area contributed by atoms with Crippen molar-refractivity contribution in [3.8, 4) is 5.75 Å². The van der Waals surface area contributed by atoms with Crippen molar-refractivity contribution in [2.75, 3.05) is 13.7 Å². The van der Waals surface area contributed by atoms with Crippen molar-refractivity contribution >= 4 is 0 Å². The van der Waals surface area contributed by atoms with E-state index in [9.17, 15) is 0 Å². The average molecular weight is 222 g/mol. The molecule has 3 heteroatoms. The number of rotatable bonds is 4. The van der Waals surface area contributed by atoms with E-state index in [-0.39, 0.29) is 6.29 Å². The van der Waals surface area contributed by atoms with E-state index in [4.69, 9.17) is 14.2 Å². The first-order valence-corrected chi connectivity index (χ1v) is 5.64. The van der Waals surface area contributed by atoms with Crippen molar-refractivity contribution in [1.29, 1.82) is 0 Å². The van der Waals surface area contributed by atoms with Crippen LogP contribution >= 0.6 is 0 Å². The van der Waals surface area contributed by atoms with Gasteiger partial charge in [-0.2, -0.15) is 0 Å². The molecule has 1 fully saturated rings. The van der Waals surface area contributed by atoms with Gasteiger partial charge in [0, 0.05) is 6.42 Å². The molecule has 0 radical (unpaired) electrons. The molecule has 1 aromatic rings. The molecule has 1 saturated heterocycles. The highest BCUT2D eigenvalue weighted by Gasteiger charge is 2.22. The standard InChI is InChI=1S/C13H18O3/c1-10-7-13(15-8-10)16-9-11-3-5-12(14-2)6-4-11/h3-6,10,13H,7-9H2,1-2H3/t10-,13?/m1/s1. The largest absolute Gasteiger partial charge is 0.497 e. The Labute approximate surface area is 96.3 Å². The first kappa shape index (κ1) is 11.4. The van der Waals surface area contributed by atoms with Gasteiger partial charge in [-0.25, -0.2) is 0 Å². The van der Waals surface area contributed by atoms with Crippen LogP contribution in [0.1, 0.15) is 18.9 Å². The second-order valence-electron chi connectivity index (χ2n) is 4.26. The highest BCUT2D eigenvalue weighted by molar-refractivity contribution is 5.26. The summed E-state index contributed by atoms with van der Waals surface area (Å²) < 4.78 is 16.3. The van der Waals surface area contributed by atoms with Gasteiger partial charge in [0.25, 0.3) is 0 Å². The molecule has 0 spiro atoms. The third-order valence-corrected chi connectivity index (χ3v) is 2.76. The Bertz CT molecular complexity index is 320. The molecule has 1 aromatic carbocycles. The fourth-order valence-corrected chi connectivity index (χ4v) is 1.76. The maximum Gasteiger partial charge on any atom is 0.158 e. The SMILES string of the molecule is COc1ccc(COC2C[C@@H](C)CO2)cc1. The maximum atomic E-state index is 5.67. The van der Waals surface area contributed by atoms with Crippen LogP contribution in [0.5, 0.6) is 5.75 Å². The highest BCUT2D eigenvalue weighted by Crippen LogP contribution is 2.21. The van der Waals surface area contributed by atoms with Crippen LogP contribution in [0.3, 0.4) is 0 Å². The molecule has 2 rings (SSSR count). The normalized spacial score (nSPS) is 24.6. The summed E-state index contributed by atoms with van der Waals surface area (Å²) in [6, 6.07) is 7.90. The quantitative estimate of drug-likeness (QED) is 0.783. The van der Waals surface area contributed by atoms with Crippen LogP contribution < -0.4 is 4.74 Å². The number of hydrogen-bond acceptors (Lipinski definition) is 3. The fourth-order valence-electron chi connectivity index (χ4n) is 1.76. The van der Waals surface area contributed by atoms with E-state index in [1.54, 1.807) is 7.11 Å². The summed E-state index contributed by atoms with van der Waals surface area (Å²) >= 11 is 0. The van der Waals surface area contributed by atoms with Gasteiger partial charge >= 0.3 is 0 Å². The van der Waals surface area contributed by atoms with E-state index in [0.717, 1.165) is 24.3 Å². The Morgan fingerprint density at radius 2 is 2.06 bits per heavy atom. The molecular weight excluding hydrogens is 204 g/mol. The molecule has 0 saturated carbocycles. The number of ether oxygens (including phenoxy) is 3. The van der Waals surface area contributed by atoms with Gasteiger partial charge in [-0.3, -0.25) is 0 Å². The Kier molecular flexibility index (Phi) is 3.80. The van der Waals surface area contributed by atoms with Gasteiger partial charge in [0.15, 0.2) is 6.29 Å². The predicted octanol–water partition coefficient (Wildman–Crippen LogP) is 2.59. The van der Waals surface area contributed by atoms with Crippen LogP contribution in [0.2, 0.25) is 0 Å². The molecule has 0 aromatic heterocycles. The zero-order chi connectivity index (χ0) is 11.4. The summed E-state index contributed by atoms with van der Waals surface area (Å²) in [6.07, 6.45) is 0.966. The summed E-state index contributed by atoms with van der Waals surface area (Å²) in [5, 5.41) is 0. The Morgan fingerprint density at radius 1 is 1.31 bits per heavy atom. The topological polar surface area (TPSA) is 27.7 Å². The summed E-state index contributed by atoms with van der Waals surface area (Å²) in [6.45, 7) is 3.59. The Morgan fingerprint density at radius 3 is 2.62 bits per heavy atom. The van der Waals surface area contributed by atoms with Crippen molar-refractivity contribution in [3.63, 3.8) is 0 Å². The van der Waals surface area contributed by atoms with E-state index in [0.29, 0.717) is 12.5 Å². The minimum atomic E-state index is -0.0305. The van der Waals surface area contributed by atoms with E-state index in [1.807, 2.05) is 24.3 Å². The zero-order valence-corrected chi connectivity index (χ0v) is 9.81. The van der Waals surface area contributed by atoms with Crippen LogP contribution in [-0.4, -0.2) is 20.0 Å². The monoisotopic (exact) mass is 222 g/mol. The molecule has 0 amide bonds. The van der Waals surface area contributed by atoms with Crippen molar-refractivity contribution in [3.05, 3.63) is 29.8 Å². The predicted molar refractivity (Wildman–Crippen MR) is 61.3 cm³/mol. The lowest BCUT2D eigenvalue weighted by Crippen LogP contribution is -2.10. The molecule has 1 heterocycles. The third kappa shape index (κ3) is 2.97. The van der Waals surface area contributed by atoms with Crippen LogP contribution in [0.15, 0.2) is 24.3 Å². The third-order valence-electron chi connectivity index (χ3n) is 2.76. The summed E-state index contributed by atoms with van der Waals surface area (Å²) in [7, 11) is 1.67. The number of hydrogen-bond donors (Lipinski definition) is 0. The van der Waals surface area contributed by atoms with Gasteiger partial charge in [0.2, 0.25) is 0 Å². The molecule has 16 heavy (non-hydrogen) atoms. The van der Waals surface area contributed by atoms with Crippen LogP contribution in [0.25, 0.3) is 0 Å². The van der Waals surface area contributed by atoms with Crippen molar-refractivity contribution in [1.82, 2.24) is 0 Å². The first-order chi connectivity index (χ1) is 7.78. The van der Waals surface area contributed by atoms with E-state index >= 15 is 0 Å². The van der Waals surface area contributed by atoms with Gasteiger partial charge in [-0.15, -0.1) is 0 Å². The van der Waals surface area contributed by atoms with E-state index in [1.165, 1.54) is 0 Å². The molecule has 2 atom stereocenters. The minimum Gasteiger partial charge on any atom is -0.497 e. The van der Waals surface area contributed by atoms with Gasteiger partial charge in [-0.05, 0) is 23.6 Å². The van der Waals surface area contributed by atoms with Crippen molar-refractivity contribution < 1.29 is 14.2 Å². The number of benzene rings is 1. The van der Waals surface area contributed by atoms with Crippen LogP contribution in [0.4, 0.5) is 0 Å². The molecule has 0 N–H and O–H groups in total.